The Bertz CT molecular complexity index is 1580. The SMILES string of the molecule is Cc1ncc(CN(C)Cc2ccccc2)c2cc(-c3cc(=O)oc4cc5c(cc34)CCC5)oc12. The summed E-state index contributed by atoms with van der Waals surface area (Å²) >= 11 is 0. The molecule has 0 aliphatic heterocycles. The van der Waals surface area contributed by atoms with E-state index in [0.717, 1.165) is 65.5 Å². The van der Waals surface area contributed by atoms with Gasteiger partial charge in [0.2, 0.25) is 0 Å². The lowest BCUT2D eigenvalue weighted by atomic mass is 10.0. The molecule has 0 saturated carbocycles. The van der Waals surface area contributed by atoms with Gasteiger partial charge in [0.1, 0.15) is 11.3 Å². The highest BCUT2D eigenvalue weighted by atomic mass is 16.4. The summed E-state index contributed by atoms with van der Waals surface area (Å²) in [6.45, 7) is 3.54. The van der Waals surface area contributed by atoms with E-state index in [-0.39, 0.29) is 5.63 Å². The molecule has 3 aromatic heterocycles. The van der Waals surface area contributed by atoms with E-state index in [4.69, 9.17) is 8.83 Å². The third kappa shape index (κ3) is 3.72. The molecule has 5 aromatic rings. The van der Waals surface area contributed by atoms with Crippen LogP contribution in [0.1, 0.15) is 34.4 Å². The summed E-state index contributed by atoms with van der Waals surface area (Å²) in [5.41, 5.74) is 7.62. The molecule has 3 heterocycles. The van der Waals surface area contributed by atoms with E-state index in [1.54, 1.807) is 6.07 Å². The van der Waals surface area contributed by atoms with Gasteiger partial charge in [0.05, 0.1) is 5.69 Å². The Morgan fingerprint density at radius 1 is 0.941 bits per heavy atom. The molecule has 0 saturated heterocycles. The van der Waals surface area contributed by atoms with Gasteiger partial charge in [0.25, 0.3) is 0 Å². The van der Waals surface area contributed by atoms with Crippen molar-refractivity contribution in [3.8, 4) is 11.3 Å². The zero-order valence-electron chi connectivity index (χ0n) is 19.4. The number of fused-ring (bicyclic) bond motifs is 3. The summed E-state index contributed by atoms with van der Waals surface area (Å²) in [6.07, 6.45) is 5.17. The average Bonchev–Trinajstić information content (AvgIpc) is 3.47. The topological polar surface area (TPSA) is 59.5 Å². The monoisotopic (exact) mass is 450 g/mol. The van der Waals surface area contributed by atoms with Crippen LogP contribution < -0.4 is 5.63 Å². The van der Waals surface area contributed by atoms with Gasteiger partial charge in [-0.2, -0.15) is 0 Å². The molecule has 0 unspecified atom stereocenters. The van der Waals surface area contributed by atoms with Crippen molar-refractivity contribution in [1.29, 1.82) is 0 Å². The number of nitrogens with zero attached hydrogens (tertiary/aromatic N) is 2. The molecule has 0 atom stereocenters. The van der Waals surface area contributed by atoms with E-state index in [2.05, 4.69) is 53.3 Å². The molecule has 34 heavy (non-hydrogen) atoms. The van der Waals surface area contributed by atoms with E-state index < -0.39 is 0 Å². The number of aromatic nitrogens is 1. The highest BCUT2D eigenvalue weighted by Gasteiger charge is 2.19. The molecular formula is C29H26N2O3. The van der Waals surface area contributed by atoms with Crippen LogP contribution in [0, 0.1) is 6.92 Å². The number of rotatable bonds is 5. The molecule has 0 spiro atoms. The number of furan rings is 1. The molecule has 0 radical (unpaired) electrons. The van der Waals surface area contributed by atoms with Gasteiger partial charge in [-0.05, 0) is 73.7 Å². The summed E-state index contributed by atoms with van der Waals surface area (Å²) < 4.78 is 11.9. The molecule has 1 aliphatic carbocycles. The number of benzene rings is 2. The van der Waals surface area contributed by atoms with Crippen LogP contribution >= 0.6 is 0 Å². The lowest BCUT2D eigenvalue weighted by Crippen LogP contribution is -2.17. The smallest absolute Gasteiger partial charge is 0.336 e. The predicted octanol–water partition coefficient (Wildman–Crippen LogP) is 6.03. The van der Waals surface area contributed by atoms with Crippen molar-refractivity contribution in [2.75, 3.05) is 7.05 Å². The van der Waals surface area contributed by atoms with Gasteiger partial charge in [-0.25, -0.2) is 4.79 Å². The molecule has 5 heteroatoms. The number of aryl methyl sites for hydroxylation is 3. The Morgan fingerprint density at radius 2 is 1.74 bits per heavy atom. The van der Waals surface area contributed by atoms with Crippen LogP contribution in [0.25, 0.3) is 33.3 Å². The van der Waals surface area contributed by atoms with Gasteiger partial charge < -0.3 is 8.83 Å². The molecule has 6 rings (SSSR count). The Morgan fingerprint density at radius 3 is 2.56 bits per heavy atom. The lowest BCUT2D eigenvalue weighted by Gasteiger charge is -2.17. The zero-order chi connectivity index (χ0) is 23.2. The van der Waals surface area contributed by atoms with Crippen molar-refractivity contribution in [2.24, 2.45) is 0 Å². The molecule has 2 aromatic carbocycles. The van der Waals surface area contributed by atoms with Gasteiger partial charge in [0.15, 0.2) is 5.58 Å². The quantitative estimate of drug-likeness (QED) is 0.306. The molecule has 0 bridgehead atoms. The normalized spacial score (nSPS) is 13.3. The second-order valence-electron chi connectivity index (χ2n) is 9.33. The Hall–Kier alpha value is -3.70. The second-order valence-corrected chi connectivity index (χ2v) is 9.33. The van der Waals surface area contributed by atoms with Crippen LogP contribution in [0.2, 0.25) is 0 Å². The maximum Gasteiger partial charge on any atom is 0.336 e. The van der Waals surface area contributed by atoms with Crippen LogP contribution in [-0.4, -0.2) is 16.9 Å². The summed E-state index contributed by atoms with van der Waals surface area (Å²) in [4.78, 5) is 19.3. The maximum absolute atomic E-state index is 12.4. The van der Waals surface area contributed by atoms with Gasteiger partial charge in [0, 0.05) is 41.7 Å². The maximum atomic E-state index is 12.4. The number of hydrogen-bond donors (Lipinski definition) is 0. The van der Waals surface area contributed by atoms with E-state index in [1.165, 1.54) is 16.7 Å². The first-order chi connectivity index (χ1) is 16.5. The van der Waals surface area contributed by atoms with Gasteiger partial charge in [-0.3, -0.25) is 9.88 Å². The van der Waals surface area contributed by atoms with Crippen molar-refractivity contribution >= 4 is 21.9 Å². The minimum absolute atomic E-state index is 0.362. The number of pyridine rings is 1. The van der Waals surface area contributed by atoms with Crippen LogP contribution in [0.15, 0.2) is 74.4 Å². The molecule has 1 aliphatic rings. The molecule has 170 valence electrons. The Balaban J connectivity index is 1.43. The summed E-state index contributed by atoms with van der Waals surface area (Å²) in [7, 11) is 2.11. The van der Waals surface area contributed by atoms with Crippen molar-refractivity contribution in [3.63, 3.8) is 0 Å². The fourth-order valence-corrected chi connectivity index (χ4v) is 5.14. The fraction of sp³-hybridized carbons (Fsp3) is 0.241. The fourth-order valence-electron chi connectivity index (χ4n) is 5.14. The standard InChI is InChI=1S/C29H26N2O3/c1-18-29-23(22(15-30-18)17-31(2)16-19-7-4-3-5-8-19)13-27(34-29)25-14-28(32)33-26-12-21-10-6-9-20(21)11-24(25)26/h3-5,7-8,11-15H,6,9-10,16-17H2,1-2H3. The van der Waals surface area contributed by atoms with E-state index in [0.29, 0.717) is 11.3 Å². The minimum atomic E-state index is -0.362. The first kappa shape index (κ1) is 20.9. The van der Waals surface area contributed by atoms with Crippen molar-refractivity contribution in [1.82, 2.24) is 9.88 Å². The Kier molecular flexibility index (Phi) is 5.07. The average molecular weight is 451 g/mol. The zero-order valence-corrected chi connectivity index (χ0v) is 19.4. The van der Waals surface area contributed by atoms with Gasteiger partial charge in [-0.1, -0.05) is 30.3 Å². The molecule has 0 N–H and O–H groups in total. The first-order valence-electron chi connectivity index (χ1n) is 11.8. The minimum Gasteiger partial charge on any atom is -0.454 e. The second kappa shape index (κ2) is 8.26. The number of hydrogen-bond acceptors (Lipinski definition) is 5. The van der Waals surface area contributed by atoms with E-state index in [1.807, 2.05) is 25.3 Å². The highest BCUT2D eigenvalue weighted by Crippen LogP contribution is 2.36. The molecular weight excluding hydrogens is 424 g/mol. The summed E-state index contributed by atoms with van der Waals surface area (Å²) in [5.74, 6) is 0.675. The Labute approximate surface area is 197 Å². The molecule has 5 nitrogen and oxygen atoms in total. The van der Waals surface area contributed by atoms with Crippen LogP contribution in [-0.2, 0) is 25.9 Å². The van der Waals surface area contributed by atoms with Gasteiger partial charge in [-0.15, -0.1) is 0 Å². The third-order valence-corrected chi connectivity index (χ3v) is 6.78. The highest BCUT2D eigenvalue weighted by molar-refractivity contribution is 5.96. The van der Waals surface area contributed by atoms with Crippen LogP contribution in [0.3, 0.4) is 0 Å². The largest absolute Gasteiger partial charge is 0.454 e. The van der Waals surface area contributed by atoms with Crippen molar-refractivity contribution in [3.05, 3.63) is 99.2 Å². The molecule has 0 fully saturated rings. The van der Waals surface area contributed by atoms with Gasteiger partial charge >= 0.3 is 5.63 Å². The molecule has 0 amide bonds. The first-order valence-corrected chi connectivity index (χ1v) is 11.8. The van der Waals surface area contributed by atoms with E-state index >= 15 is 0 Å². The lowest BCUT2D eigenvalue weighted by molar-refractivity contribution is 0.320. The van der Waals surface area contributed by atoms with Crippen molar-refractivity contribution < 1.29 is 8.83 Å². The van der Waals surface area contributed by atoms with E-state index in [9.17, 15) is 4.79 Å². The van der Waals surface area contributed by atoms with Crippen LogP contribution in [0.4, 0.5) is 0 Å². The summed E-state index contributed by atoms with van der Waals surface area (Å²) in [5, 5.41) is 1.96. The van der Waals surface area contributed by atoms with Crippen molar-refractivity contribution in [2.45, 2.75) is 39.3 Å². The summed E-state index contributed by atoms with van der Waals surface area (Å²) in [6, 6.07) is 18.2. The third-order valence-electron chi connectivity index (χ3n) is 6.78. The predicted molar refractivity (Wildman–Crippen MR) is 134 cm³/mol. The van der Waals surface area contributed by atoms with Crippen LogP contribution in [0.5, 0.6) is 0 Å².